The summed E-state index contributed by atoms with van der Waals surface area (Å²) in [5.41, 5.74) is 0.867. The summed E-state index contributed by atoms with van der Waals surface area (Å²) in [5, 5.41) is 11.7. The van der Waals surface area contributed by atoms with Gasteiger partial charge in [-0.1, -0.05) is 23.4 Å². The number of amides is 1. The molecule has 8 nitrogen and oxygen atoms in total. The molecule has 1 unspecified atom stereocenters. The Labute approximate surface area is 150 Å². The van der Waals surface area contributed by atoms with Crippen LogP contribution < -0.4 is 0 Å². The molecule has 1 amide bonds. The first-order chi connectivity index (χ1) is 12.9. The van der Waals surface area contributed by atoms with E-state index >= 15 is 0 Å². The van der Waals surface area contributed by atoms with Gasteiger partial charge in [0, 0.05) is 19.0 Å². The highest BCUT2D eigenvalue weighted by molar-refractivity contribution is 5.92. The van der Waals surface area contributed by atoms with Crippen LogP contribution in [0.25, 0.3) is 5.69 Å². The smallest absolute Gasteiger partial charge is 0.336 e. The maximum absolute atomic E-state index is 12.6. The van der Waals surface area contributed by atoms with Crippen LogP contribution in [0.2, 0.25) is 0 Å². The van der Waals surface area contributed by atoms with E-state index in [4.69, 9.17) is 0 Å². The maximum atomic E-state index is 12.6. The molecule has 2 aromatic heterocycles. The van der Waals surface area contributed by atoms with Crippen molar-refractivity contribution in [3.05, 3.63) is 53.9 Å². The van der Waals surface area contributed by atoms with Crippen LogP contribution in [-0.2, 0) is 6.18 Å². The van der Waals surface area contributed by atoms with Crippen LogP contribution in [0.1, 0.15) is 34.5 Å². The predicted octanol–water partition coefficient (Wildman–Crippen LogP) is 2.30. The fourth-order valence-corrected chi connectivity index (χ4v) is 2.88. The van der Waals surface area contributed by atoms with E-state index in [2.05, 4.69) is 24.9 Å². The third-order valence-corrected chi connectivity index (χ3v) is 4.22. The number of carbonyl (C=O) groups is 1. The molecular weight excluding hydrogens is 365 g/mol. The van der Waals surface area contributed by atoms with Gasteiger partial charge in [0.25, 0.3) is 5.91 Å². The molecule has 0 aliphatic carbocycles. The van der Waals surface area contributed by atoms with E-state index in [1.165, 1.54) is 15.9 Å². The molecule has 27 heavy (non-hydrogen) atoms. The maximum Gasteiger partial charge on any atom is 0.471 e. The Morgan fingerprint density at radius 1 is 1.22 bits per heavy atom. The van der Waals surface area contributed by atoms with Crippen molar-refractivity contribution >= 4 is 5.91 Å². The van der Waals surface area contributed by atoms with Gasteiger partial charge in [0.05, 0.1) is 11.9 Å². The van der Waals surface area contributed by atoms with Gasteiger partial charge in [-0.3, -0.25) is 4.79 Å². The molecule has 11 heteroatoms. The topological polar surface area (TPSA) is 89.9 Å². The molecule has 0 spiro atoms. The van der Waals surface area contributed by atoms with Crippen LogP contribution in [0.3, 0.4) is 0 Å². The van der Waals surface area contributed by atoms with Crippen LogP contribution in [-0.4, -0.2) is 49.0 Å². The third kappa shape index (κ3) is 3.39. The van der Waals surface area contributed by atoms with Crippen LogP contribution in [0.5, 0.6) is 0 Å². The monoisotopic (exact) mass is 378 g/mol. The second-order valence-electron chi connectivity index (χ2n) is 6.05. The lowest BCUT2D eigenvalue weighted by Gasteiger charge is -2.13. The van der Waals surface area contributed by atoms with Gasteiger partial charge in [0.15, 0.2) is 11.5 Å². The zero-order valence-corrected chi connectivity index (χ0v) is 13.8. The largest absolute Gasteiger partial charge is 0.471 e. The van der Waals surface area contributed by atoms with Crippen molar-refractivity contribution in [1.29, 1.82) is 0 Å². The Morgan fingerprint density at radius 2 is 2.00 bits per heavy atom. The number of rotatable bonds is 3. The lowest BCUT2D eigenvalue weighted by molar-refractivity contribution is -0.159. The minimum Gasteiger partial charge on any atom is -0.336 e. The number of aromatic nitrogens is 5. The molecule has 1 aliphatic rings. The highest BCUT2D eigenvalue weighted by atomic mass is 19.4. The van der Waals surface area contributed by atoms with Gasteiger partial charge in [0.1, 0.15) is 0 Å². The number of likely N-dealkylation sites (tertiary alicyclic amines) is 1. The van der Waals surface area contributed by atoms with Crippen molar-refractivity contribution in [1.82, 2.24) is 30.0 Å². The van der Waals surface area contributed by atoms with E-state index in [0.29, 0.717) is 18.7 Å². The van der Waals surface area contributed by atoms with E-state index in [-0.39, 0.29) is 24.0 Å². The third-order valence-electron chi connectivity index (χ3n) is 4.22. The first kappa shape index (κ1) is 17.2. The molecule has 3 heterocycles. The Bertz CT molecular complexity index is 952. The molecular formula is C16H13F3N6O2. The number of hydrogen-bond donors (Lipinski definition) is 0. The zero-order chi connectivity index (χ0) is 19.0. The summed E-state index contributed by atoms with van der Waals surface area (Å²) in [7, 11) is 0. The van der Waals surface area contributed by atoms with Crippen molar-refractivity contribution in [2.45, 2.75) is 18.5 Å². The number of nitrogens with zero attached hydrogens (tertiary/aromatic N) is 6. The molecule has 0 bridgehead atoms. The van der Waals surface area contributed by atoms with Gasteiger partial charge in [0.2, 0.25) is 0 Å². The van der Waals surface area contributed by atoms with Crippen molar-refractivity contribution in [2.24, 2.45) is 0 Å². The Morgan fingerprint density at radius 3 is 2.70 bits per heavy atom. The Balaban J connectivity index is 1.45. The van der Waals surface area contributed by atoms with E-state index in [9.17, 15) is 18.0 Å². The fraction of sp³-hybridized carbons (Fsp3) is 0.312. The molecule has 0 N–H and O–H groups in total. The normalized spacial score (nSPS) is 17.4. The first-order valence-corrected chi connectivity index (χ1v) is 8.09. The highest BCUT2D eigenvalue weighted by Crippen LogP contribution is 2.31. The van der Waals surface area contributed by atoms with Gasteiger partial charge in [-0.2, -0.15) is 28.1 Å². The molecule has 1 aliphatic heterocycles. The SMILES string of the molecule is O=C(c1cnn(-c2ccccc2)n1)N1CCC(c2noc(C(F)(F)F)n2)C1. The summed E-state index contributed by atoms with van der Waals surface area (Å²) >= 11 is 0. The van der Waals surface area contributed by atoms with Gasteiger partial charge < -0.3 is 9.42 Å². The minimum atomic E-state index is -4.69. The average molecular weight is 378 g/mol. The van der Waals surface area contributed by atoms with E-state index in [0.717, 1.165) is 0 Å². The fourth-order valence-electron chi connectivity index (χ4n) is 2.88. The van der Waals surface area contributed by atoms with Crippen LogP contribution in [0.15, 0.2) is 41.1 Å². The molecule has 140 valence electrons. The number of halogens is 3. The second kappa shape index (κ2) is 6.49. The lowest BCUT2D eigenvalue weighted by Crippen LogP contribution is -2.29. The Hall–Kier alpha value is -3.24. The molecule has 0 radical (unpaired) electrons. The van der Waals surface area contributed by atoms with Crippen LogP contribution >= 0.6 is 0 Å². The molecule has 4 rings (SSSR count). The van der Waals surface area contributed by atoms with E-state index in [1.807, 2.05) is 18.2 Å². The molecule has 0 saturated carbocycles. The summed E-state index contributed by atoms with van der Waals surface area (Å²) in [6.45, 7) is 0.547. The van der Waals surface area contributed by atoms with Crippen molar-refractivity contribution in [2.75, 3.05) is 13.1 Å². The Kier molecular flexibility index (Phi) is 4.13. The zero-order valence-electron chi connectivity index (χ0n) is 13.8. The molecule has 3 aromatic rings. The summed E-state index contributed by atoms with van der Waals surface area (Å²) in [6, 6.07) is 9.10. The number of carbonyl (C=O) groups excluding carboxylic acids is 1. The molecule has 1 saturated heterocycles. The van der Waals surface area contributed by atoms with Gasteiger partial charge in [-0.15, -0.1) is 5.10 Å². The average Bonchev–Trinajstić information content (AvgIpc) is 3.40. The first-order valence-electron chi connectivity index (χ1n) is 8.09. The standard InChI is InChI=1S/C16H13F3N6O2/c17-16(18,19)15-21-13(23-27-15)10-6-7-24(9-10)14(26)12-8-20-25(22-12)11-4-2-1-3-5-11/h1-5,8,10H,6-7,9H2. The van der Waals surface area contributed by atoms with Crippen LogP contribution in [0.4, 0.5) is 13.2 Å². The van der Waals surface area contributed by atoms with Crippen molar-refractivity contribution < 1.29 is 22.5 Å². The van der Waals surface area contributed by atoms with Crippen molar-refractivity contribution in [3.63, 3.8) is 0 Å². The number of benzene rings is 1. The molecule has 1 fully saturated rings. The summed E-state index contributed by atoms with van der Waals surface area (Å²) in [6.07, 6.45) is -2.89. The van der Waals surface area contributed by atoms with Gasteiger partial charge in [-0.25, -0.2) is 0 Å². The van der Waals surface area contributed by atoms with Crippen LogP contribution in [0, 0.1) is 0 Å². The second-order valence-corrected chi connectivity index (χ2v) is 6.05. The van der Waals surface area contributed by atoms with E-state index < -0.39 is 18.0 Å². The minimum absolute atomic E-state index is 0.0504. The number of para-hydroxylation sites is 1. The summed E-state index contributed by atoms with van der Waals surface area (Å²) in [5.74, 6) is -2.20. The molecule has 1 aromatic carbocycles. The lowest BCUT2D eigenvalue weighted by atomic mass is 10.1. The van der Waals surface area contributed by atoms with E-state index in [1.54, 1.807) is 12.1 Å². The van der Waals surface area contributed by atoms with Crippen molar-refractivity contribution in [3.8, 4) is 5.69 Å². The predicted molar refractivity (Wildman–Crippen MR) is 83.9 cm³/mol. The quantitative estimate of drug-likeness (QED) is 0.695. The summed E-state index contributed by atoms with van der Waals surface area (Å²) in [4.78, 5) is 18.8. The number of alkyl halides is 3. The summed E-state index contributed by atoms with van der Waals surface area (Å²) < 4.78 is 42.0. The number of hydrogen-bond acceptors (Lipinski definition) is 6. The highest BCUT2D eigenvalue weighted by Gasteiger charge is 2.40. The van der Waals surface area contributed by atoms with Gasteiger partial charge >= 0.3 is 12.1 Å². The molecule has 1 atom stereocenters. The van der Waals surface area contributed by atoms with Gasteiger partial charge in [-0.05, 0) is 18.6 Å².